The predicted molar refractivity (Wildman–Crippen MR) is 120 cm³/mol. The molecule has 1 saturated carbocycles. The van der Waals surface area contributed by atoms with Gasteiger partial charge >= 0.3 is 0 Å². The highest BCUT2D eigenvalue weighted by molar-refractivity contribution is 7.15. The van der Waals surface area contributed by atoms with Crippen LogP contribution in [0.4, 0.5) is 5.13 Å². The van der Waals surface area contributed by atoms with Crippen molar-refractivity contribution >= 4 is 22.4 Å². The number of carbonyl (C=O) groups is 1. The molecule has 1 amide bonds. The number of thiazole rings is 1. The van der Waals surface area contributed by atoms with Crippen molar-refractivity contribution in [2.24, 2.45) is 5.41 Å². The molecule has 1 fully saturated rings. The fourth-order valence-corrected chi connectivity index (χ4v) is 4.45. The van der Waals surface area contributed by atoms with E-state index in [0.717, 1.165) is 54.0 Å². The number of nitrogens with zero attached hydrogens (tertiary/aromatic N) is 1. The minimum Gasteiger partial charge on any atom is -0.497 e. The van der Waals surface area contributed by atoms with Gasteiger partial charge in [-0.05, 0) is 61.4 Å². The molecule has 0 spiro atoms. The summed E-state index contributed by atoms with van der Waals surface area (Å²) in [5.74, 6) is 1.81. The molecule has 30 heavy (non-hydrogen) atoms. The molecule has 0 aliphatic heterocycles. The molecule has 5 nitrogen and oxygen atoms in total. The third-order valence-corrected chi connectivity index (χ3v) is 6.62. The fraction of sp³-hybridized carbons (Fsp3) is 0.333. The van der Waals surface area contributed by atoms with Gasteiger partial charge in [-0.3, -0.25) is 4.79 Å². The first kappa shape index (κ1) is 20.4. The summed E-state index contributed by atoms with van der Waals surface area (Å²) in [6.07, 6.45) is 6.17. The van der Waals surface area contributed by atoms with E-state index >= 15 is 0 Å². The predicted octanol–water partition coefficient (Wildman–Crippen LogP) is 4.91. The van der Waals surface area contributed by atoms with Gasteiger partial charge in [-0.25, -0.2) is 4.98 Å². The fourth-order valence-electron chi connectivity index (χ4n) is 3.65. The summed E-state index contributed by atoms with van der Waals surface area (Å²) in [6, 6.07) is 16.0. The number of benzene rings is 2. The van der Waals surface area contributed by atoms with Gasteiger partial charge in [-0.2, -0.15) is 0 Å². The van der Waals surface area contributed by atoms with Crippen molar-refractivity contribution in [3.05, 3.63) is 70.7 Å². The molecule has 1 N–H and O–H groups in total. The highest BCUT2D eigenvalue weighted by Crippen LogP contribution is 2.49. The van der Waals surface area contributed by atoms with E-state index in [4.69, 9.17) is 9.47 Å². The minimum atomic E-state index is -0.308. The molecule has 0 saturated heterocycles. The van der Waals surface area contributed by atoms with Crippen molar-refractivity contribution < 1.29 is 14.3 Å². The minimum absolute atomic E-state index is 0.0731. The van der Waals surface area contributed by atoms with Gasteiger partial charge in [0.1, 0.15) is 11.5 Å². The Bertz CT molecular complexity index is 1010. The molecule has 0 radical (unpaired) electrons. The van der Waals surface area contributed by atoms with Gasteiger partial charge in [0, 0.05) is 11.1 Å². The van der Waals surface area contributed by atoms with Gasteiger partial charge in [-0.1, -0.05) is 30.3 Å². The zero-order chi connectivity index (χ0) is 21.0. The Kier molecular flexibility index (Phi) is 6.04. The SMILES string of the molecule is COc1ccc(CC2(C(=O)Nc3ncc(CCc4ccccc4OC)s3)CC2)cc1. The van der Waals surface area contributed by atoms with Crippen LogP contribution in [-0.4, -0.2) is 25.1 Å². The summed E-state index contributed by atoms with van der Waals surface area (Å²) in [7, 11) is 3.35. The molecule has 0 unspecified atom stereocenters. The van der Waals surface area contributed by atoms with Gasteiger partial charge in [0.25, 0.3) is 0 Å². The van der Waals surface area contributed by atoms with E-state index in [-0.39, 0.29) is 11.3 Å². The van der Waals surface area contributed by atoms with E-state index in [1.165, 1.54) is 5.56 Å². The Hall–Kier alpha value is -2.86. The van der Waals surface area contributed by atoms with E-state index in [0.29, 0.717) is 5.13 Å². The smallest absolute Gasteiger partial charge is 0.232 e. The number of hydrogen-bond acceptors (Lipinski definition) is 5. The Balaban J connectivity index is 1.34. The highest BCUT2D eigenvalue weighted by Gasteiger charge is 2.49. The maximum Gasteiger partial charge on any atom is 0.232 e. The standard InChI is InChI=1S/C24H26N2O3S/c1-28-19-10-7-17(8-11-19)15-24(13-14-24)22(27)26-23-25-16-20(30-23)12-9-18-5-3-4-6-21(18)29-2/h3-8,10-11,16H,9,12-15H2,1-2H3,(H,25,26,27). The Morgan fingerprint density at radius 1 is 1.07 bits per heavy atom. The first-order chi connectivity index (χ1) is 14.6. The quantitative estimate of drug-likeness (QED) is 0.532. The van der Waals surface area contributed by atoms with Crippen molar-refractivity contribution in [3.8, 4) is 11.5 Å². The second-order valence-electron chi connectivity index (χ2n) is 7.70. The van der Waals surface area contributed by atoms with Crippen LogP contribution in [0, 0.1) is 5.41 Å². The lowest BCUT2D eigenvalue weighted by molar-refractivity contribution is -0.121. The zero-order valence-electron chi connectivity index (χ0n) is 17.3. The number of rotatable bonds is 9. The van der Waals surface area contributed by atoms with E-state index in [1.54, 1.807) is 25.6 Å². The molecular weight excluding hydrogens is 396 g/mol. The lowest BCUT2D eigenvalue weighted by Crippen LogP contribution is -2.26. The number of nitrogens with one attached hydrogen (secondary N) is 1. The number of amides is 1. The van der Waals surface area contributed by atoms with Crippen LogP contribution in [0.5, 0.6) is 11.5 Å². The molecule has 0 atom stereocenters. The van der Waals surface area contributed by atoms with Crippen LogP contribution in [0.15, 0.2) is 54.7 Å². The first-order valence-electron chi connectivity index (χ1n) is 10.1. The van der Waals surface area contributed by atoms with Gasteiger partial charge < -0.3 is 14.8 Å². The van der Waals surface area contributed by atoms with E-state index in [9.17, 15) is 4.79 Å². The molecule has 2 aromatic carbocycles. The van der Waals surface area contributed by atoms with Crippen LogP contribution >= 0.6 is 11.3 Å². The normalized spacial score (nSPS) is 14.2. The van der Waals surface area contributed by atoms with Crippen molar-refractivity contribution in [2.45, 2.75) is 32.1 Å². The summed E-state index contributed by atoms with van der Waals surface area (Å²) in [6.45, 7) is 0. The van der Waals surface area contributed by atoms with Crippen molar-refractivity contribution in [1.29, 1.82) is 0 Å². The first-order valence-corrected chi connectivity index (χ1v) is 10.9. The summed E-state index contributed by atoms with van der Waals surface area (Å²) in [4.78, 5) is 18.5. The van der Waals surface area contributed by atoms with Crippen LogP contribution in [0.3, 0.4) is 0 Å². The molecule has 1 aliphatic carbocycles. The third-order valence-electron chi connectivity index (χ3n) is 5.64. The molecule has 3 aromatic rings. The number of para-hydroxylation sites is 1. The van der Waals surface area contributed by atoms with Crippen LogP contribution in [0.25, 0.3) is 0 Å². The second kappa shape index (κ2) is 8.88. The number of anilines is 1. The average molecular weight is 423 g/mol. The number of methoxy groups -OCH3 is 2. The van der Waals surface area contributed by atoms with E-state index < -0.39 is 0 Å². The monoisotopic (exact) mass is 422 g/mol. The van der Waals surface area contributed by atoms with Gasteiger partial charge in [-0.15, -0.1) is 11.3 Å². The van der Waals surface area contributed by atoms with Crippen molar-refractivity contribution in [1.82, 2.24) is 4.98 Å². The summed E-state index contributed by atoms with van der Waals surface area (Å²) < 4.78 is 10.6. The summed E-state index contributed by atoms with van der Waals surface area (Å²) >= 11 is 1.55. The van der Waals surface area contributed by atoms with Crippen molar-refractivity contribution in [3.63, 3.8) is 0 Å². The third kappa shape index (κ3) is 4.65. The van der Waals surface area contributed by atoms with E-state index in [2.05, 4.69) is 16.4 Å². The molecule has 1 heterocycles. The van der Waals surface area contributed by atoms with Gasteiger partial charge in [0.15, 0.2) is 5.13 Å². The Labute approximate surface area is 181 Å². The molecule has 1 aliphatic rings. The topological polar surface area (TPSA) is 60.5 Å². The maximum absolute atomic E-state index is 12.9. The van der Waals surface area contributed by atoms with Crippen molar-refractivity contribution in [2.75, 3.05) is 19.5 Å². The lowest BCUT2D eigenvalue weighted by atomic mass is 9.95. The number of ether oxygens (including phenoxy) is 2. The molecule has 4 rings (SSSR count). The van der Waals surface area contributed by atoms with Crippen LogP contribution < -0.4 is 14.8 Å². The molecule has 1 aromatic heterocycles. The lowest BCUT2D eigenvalue weighted by Gasteiger charge is -2.14. The number of aromatic nitrogens is 1. The molecule has 6 heteroatoms. The van der Waals surface area contributed by atoms with Crippen LogP contribution in [-0.2, 0) is 24.1 Å². The Morgan fingerprint density at radius 3 is 2.53 bits per heavy atom. The summed E-state index contributed by atoms with van der Waals surface area (Å²) in [5.41, 5.74) is 2.02. The largest absolute Gasteiger partial charge is 0.497 e. The highest BCUT2D eigenvalue weighted by atomic mass is 32.1. The molecular formula is C24H26N2O3S. The zero-order valence-corrected chi connectivity index (χ0v) is 18.1. The average Bonchev–Trinajstić information content (AvgIpc) is 3.43. The van der Waals surface area contributed by atoms with Crippen LogP contribution in [0.2, 0.25) is 0 Å². The molecule has 156 valence electrons. The second-order valence-corrected chi connectivity index (χ2v) is 8.82. The summed E-state index contributed by atoms with van der Waals surface area (Å²) in [5, 5.41) is 3.72. The van der Waals surface area contributed by atoms with Gasteiger partial charge in [0.2, 0.25) is 5.91 Å². The number of aryl methyl sites for hydroxylation is 2. The van der Waals surface area contributed by atoms with Gasteiger partial charge in [0.05, 0.1) is 19.6 Å². The number of hydrogen-bond donors (Lipinski definition) is 1. The number of carbonyl (C=O) groups excluding carboxylic acids is 1. The maximum atomic E-state index is 12.9. The van der Waals surface area contributed by atoms with Crippen LogP contribution in [0.1, 0.15) is 28.8 Å². The molecule has 0 bridgehead atoms. The Morgan fingerprint density at radius 2 is 1.83 bits per heavy atom. The van der Waals surface area contributed by atoms with E-state index in [1.807, 2.05) is 48.7 Å².